The maximum absolute atomic E-state index is 10.5. The van der Waals surface area contributed by atoms with E-state index in [2.05, 4.69) is 0 Å². The van der Waals surface area contributed by atoms with Crippen molar-refractivity contribution in [3.05, 3.63) is 0 Å². The molecule has 4 nitrogen and oxygen atoms in total. The van der Waals surface area contributed by atoms with E-state index in [1.54, 1.807) is 0 Å². The van der Waals surface area contributed by atoms with Gasteiger partial charge in [0.25, 0.3) is 0 Å². The fourth-order valence-electron chi connectivity index (χ4n) is 0.849. The minimum Gasteiger partial charge on any atom is -0.479 e. The van der Waals surface area contributed by atoms with Crippen LogP contribution in [0.25, 0.3) is 0 Å². The largest absolute Gasteiger partial charge is 0.479 e. The van der Waals surface area contributed by atoms with Crippen LogP contribution in [0.1, 0.15) is 26.2 Å². The smallest absolute Gasteiger partial charge is 0.332 e. The predicted octanol–water partition coefficient (Wildman–Crippen LogP) is 0.605. The van der Waals surface area contributed by atoms with Crippen LogP contribution < -0.4 is 5.73 Å². The number of carboxylic acid groups (broad SMARTS) is 1. The zero-order chi connectivity index (χ0) is 9.40. The molecular formula is C8H17NO3. The van der Waals surface area contributed by atoms with Gasteiger partial charge in [0.2, 0.25) is 0 Å². The van der Waals surface area contributed by atoms with Crippen LogP contribution in [0, 0.1) is 0 Å². The van der Waals surface area contributed by atoms with Gasteiger partial charge in [-0.05, 0) is 19.4 Å². The molecule has 0 aliphatic heterocycles. The van der Waals surface area contributed by atoms with Crippen LogP contribution in [-0.4, -0.2) is 30.3 Å². The summed E-state index contributed by atoms with van der Waals surface area (Å²) in [6.45, 7) is 2.91. The van der Waals surface area contributed by atoms with Gasteiger partial charge in [0.1, 0.15) is 0 Å². The molecule has 0 fully saturated rings. The molecule has 0 amide bonds. The van der Waals surface area contributed by atoms with Crippen LogP contribution in [0.2, 0.25) is 0 Å². The first kappa shape index (κ1) is 11.4. The molecule has 0 bridgehead atoms. The second kappa shape index (κ2) is 7.06. The highest BCUT2D eigenvalue weighted by Crippen LogP contribution is 2.02. The van der Waals surface area contributed by atoms with Crippen LogP contribution in [0.5, 0.6) is 0 Å². The summed E-state index contributed by atoms with van der Waals surface area (Å²) in [4.78, 5) is 10.5. The molecule has 0 heterocycles. The Morgan fingerprint density at radius 1 is 1.67 bits per heavy atom. The first-order valence-corrected chi connectivity index (χ1v) is 4.26. The van der Waals surface area contributed by atoms with Crippen LogP contribution in [-0.2, 0) is 9.53 Å². The number of rotatable bonds is 7. The highest BCUT2D eigenvalue weighted by molar-refractivity contribution is 5.72. The first-order chi connectivity index (χ1) is 5.72. The highest BCUT2D eigenvalue weighted by atomic mass is 16.5. The molecule has 0 spiro atoms. The van der Waals surface area contributed by atoms with E-state index in [1.807, 2.05) is 6.92 Å². The molecule has 12 heavy (non-hydrogen) atoms. The van der Waals surface area contributed by atoms with Gasteiger partial charge < -0.3 is 15.6 Å². The SMILES string of the molecule is CCCC(OCCCN)C(=O)O. The fourth-order valence-corrected chi connectivity index (χ4v) is 0.849. The molecule has 0 aliphatic rings. The molecule has 0 aromatic rings. The number of aliphatic carboxylic acids is 1. The van der Waals surface area contributed by atoms with E-state index < -0.39 is 12.1 Å². The molecule has 3 N–H and O–H groups in total. The maximum Gasteiger partial charge on any atom is 0.332 e. The molecule has 72 valence electrons. The van der Waals surface area contributed by atoms with E-state index in [0.717, 1.165) is 6.42 Å². The summed E-state index contributed by atoms with van der Waals surface area (Å²) in [5.41, 5.74) is 5.24. The van der Waals surface area contributed by atoms with E-state index >= 15 is 0 Å². The first-order valence-electron chi connectivity index (χ1n) is 4.26. The number of hydrogen-bond acceptors (Lipinski definition) is 3. The van der Waals surface area contributed by atoms with Crippen molar-refractivity contribution in [1.29, 1.82) is 0 Å². The maximum atomic E-state index is 10.5. The number of carbonyl (C=O) groups is 1. The Balaban J connectivity index is 3.56. The lowest BCUT2D eigenvalue weighted by Crippen LogP contribution is -2.24. The van der Waals surface area contributed by atoms with Crippen molar-refractivity contribution in [3.8, 4) is 0 Å². The van der Waals surface area contributed by atoms with E-state index in [9.17, 15) is 4.79 Å². The predicted molar refractivity (Wildman–Crippen MR) is 46.0 cm³/mol. The molecule has 0 rings (SSSR count). The fraction of sp³-hybridized carbons (Fsp3) is 0.875. The normalized spacial score (nSPS) is 12.8. The minimum absolute atomic E-state index is 0.438. The average molecular weight is 175 g/mol. The quantitative estimate of drug-likeness (QED) is 0.556. The van der Waals surface area contributed by atoms with Gasteiger partial charge in [-0.25, -0.2) is 4.79 Å². The van der Waals surface area contributed by atoms with Gasteiger partial charge in [-0.15, -0.1) is 0 Å². The second-order valence-electron chi connectivity index (χ2n) is 2.63. The van der Waals surface area contributed by atoms with Gasteiger partial charge in [-0.2, -0.15) is 0 Å². The van der Waals surface area contributed by atoms with Crippen molar-refractivity contribution in [2.24, 2.45) is 5.73 Å². The summed E-state index contributed by atoms with van der Waals surface area (Å²) in [5, 5.41) is 8.65. The summed E-state index contributed by atoms with van der Waals surface area (Å²) in [7, 11) is 0. The third-order valence-corrected chi connectivity index (χ3v) is 1.49. The molecule has 0 radical (unpaired) electrons. The van der Waals surface area contributed by atoms with Crippen molar-refractivity contribution in [2.75, 3.05) is 13.2 Å². The van der Waals surface area contributed by atoms with Gasteiger partial charge in [0, 0.05) is 6.61 Å². The Hall–Kier alpha value is -0.610. The van der Waals surface area contributed by atoms with Crippen molar-refractivity contribution in [1.82, 2.24) is 0 Å². The Morgan fingerprint density at radius 3 is 2.75 bits per heavy atom. The summed E-state index contributed by atoms with van der Waals surface area (Å²) in [5.74, 6) is -0.881. The lowest BCUT2D eigenvalue weighted by Gasteiger charge is -2.11. The van der Waals surface area contributed by atoms with Gasteiger partial charge in [-0.1, -0.05) is 13.3 Å². The lowest BCUT2D eigenvalue weighted by atomic mass is 10.2. The van der Waals surface area contributed by atoms with E-state index in [0.29, 0.717) is 26.0 Å². The number of hydrogen-bond donors (Lipinski definition) is 2. The molecule has 1 atom stereocenters. The molecule has 4 heteroatoms. The van der Waals surface area contributed by atoms with Gasteiger partial charge in [0.15, 0.2) is 6.10 Å². The van der Waals surface area contributed by atoms with Crippen LogP contribution in [0.4, 0.5) is 0 Å². The average Bonchev–Trinajstić information content (AvgIpc) is 2.03. The Morgan fingerprint density at radius 2 is 2.33 bits per heavy atom. The lowest BCUT2D eigenvalue weighted by molar-refractivity contribution is -0.150. The minimum atomic E-state index is -0.881. The summed E-state index contributed by atoms with van der Waals surface area (Å²) < 4.78 is 5.10. The molecule has 1 unspecified atom stereocenters. The molecule has 0 aromatic carbocycles. The topological polar surface area (TPSA) is 72.5 Å². The van der Waals surface area contributed by atoms with Gasteiger partial charge in [0.05, 0.1) is 0 Å². The Kier molecular flexibility index (Phi) is 6.70. The zero-order valence-corrected chi connectivity index (χ0v) is 7.45. The zero-order valence-electron chi connectivity index (χ0n) is 7.45. The number of carboxylic acids is 1. The van der Waals surface area contributed by atoms with Gasteiger partial charge in [-0.3, -0.25) is 0 Å². The standard InChI is InChI=1S/C8H17NO3/c1-2-4-7(8(10)11)12-6-3-5-9/h7H,2-6,9H2,1H3,(H,10,11). The van der Waals surface area contributed by atoms with Crippen molar-refractivity contribution >= 4 is 5.97 Å². The van der Waals surface area contributed by atoms with E-state index in [1.165, 1.54) is 0 Å². The number of ether oxygens (including phenoxy) is 1. The summed E-state index contributed by atoms with van der Waals surface area (Å²) in [6.07, 6.45) is 1.45. The highest BCUT2D eigenvalue weighted by Gasteiger charge is 2.15. The molecule has 0 saturated carbocycles. The third kappa shape index (κ3) is 5.09. The third-order valence-electron chi connectivity index (χ3n) is 1.49. The Labute approximate surface area is 72.7 Å². The molecule has 0 aromatic heterocycles. The Bertz CT molecular complexity index is 127. The van der Waals surface area contributed by atoms with Gasteiger partial charge >= 0.3 is 5.97 Å². The summed E-state index contributed by atoms with van der Waals surface area (Å²) in [6, 6.07) is 0. The summed E-state index contributed by atoms with van der Waals surface area (Å²) >= 11 is 0. The van der Waals surface area contributed by atoms with Crippen molar-refractivity contribution < 1.29 is 14.6 Å². The van der Waals surface area contributed by atoms with Crippen LogP contribution in [0.3, 0.4) is 0 Å². The van der Waals surface area contributed by atoms with Crippen LogP contribution >= 0.6 is 0 Å². The van der Waals surface area contributed by atoms with Crippen molar-refractivity contribution in [2.45, 2.75) is 32.3 Å². The molecule has 0 saturated heterocycles. The molecule has 0 aliphatic carbocycles. The van der Waals surface area contributed by atoms with E-state index in [-0.39, 0.29) is 0 Å². The van der Waals surface area contributed by atoms with Crippen LogP contribution in [0.15, 0.2) is 0 Å². The number of nitrogens with two attached hydrogens (primary N) is 1. The molecular weight excluding hydrogens is 158 g/mol. The second-order valence-corrected chi connectivity index (χ2v) is 2.63. The monoisotopic (exact) mass is 175 g/mol. The van der Waals surface area contributed by atoms with E-state index in [4.69, 9.17) is 15.6 Å². The van der Waals surface area contributed by atoms with Crippen molar-refractivity contribution in [3.63, 3.8) is 0 Å².